The zero-order valence-corrected chi connectivity index (χ0v) is 9.39. The fourth-order valence-corrected chi connectivity index (χ4v) is 1.93. The molecule has 0 spiro atoms. The van der Waals surface area contributed by atoms with Crippen LogP contribution in [0.4, 0.5) is 5.69 Å². The molecule has 0 amide bonds. The van der Waals surface area contributed by atoms with Crippen LogP contribution in [-0.2, 0) is 10.2 Å². The van der Waals surface area contributed by atoms with E-state index in [2.05, 4.69) is 0 Å². The van der Waals surface area contributed by atoms with E-state index in [9.17, 15) is 20.0 Å². The first-order chi connectivity index (χ1) is 7.81. The molecule has 0 saturated heterocycles. The van der Waals surface area contributed by atoms with Crippen LogP contribution in [0.15, 0.2) is 12.1 Å². The molecule has 0 bridgehead atoms. The number of benzene rings is 1. The number of hydrogen-bond acceptors (Lipinski definition) is 5. The smallest absolute Gasteiger partial charge is 0.312 e. The molecule has 1 aromatic rings. The van der Waals surface area contributed by atoms with Crippen molar-refractivity contribution in [2.24, 2.45) is 0 Å². The minimum Gasteiger partial charge on any atom is -0.502 e. The summed E-state index contributed by atoms with van der Waals surface area (Å²) in [5.41, 5.74) is -0.361. The van der Waals surface area contributed by atoms with Crippen LogP contribution in [0, 0.1) is 10.1 Å². The van der Waals surface area contributed by atoms with E-state index >= 15 is 0 Å². The van der Waals surface area contributed by atoms with Crippen LogP contribution in [0.25, 0.3) is 0 Å². The highest BCUT2D eigenvalue weighted by Crippen LogP contribution is 2.43. The second-order valence-electron chi connectivity index (χ2n) is 4.63. The van der Waals surface area contributed by atoms with Gasteiger partial charge in [-0.2, -0.15) is 0 Å². The molecule has 0 saturated carbocycles. The Hall–Kier alpha value is -2.11. The Balaban J connectivity index is 2.65. The Kier molecular flexibility index (Phi) is 2.30. The Labute approximate surface area is 97.0 Å². The number of fused-ring (bicyclic) bond motifs is 1. The maximum Gasteiger partial charge on any atom is 0.312 e. The molecule has 0 unspecified atom stereocenters. The fourth-order valence-electron chi connectivity index (χ4n) is 1.93. The lowest BCUT2D eigenvalue weighted by Crippen LogP contribution is -2.30. The van der Waals surface area contributed by atoms with E-state index in [1.807, 2.05) is 0 Å². The lowest BCUT2D eigenvalue weighted by molar-refractivity contribution is -0.386. The highest BCUT2D eigenvalue weighted by Gasteiger charge is 2.36. The topological polar surface area (TPSA) is 89.7 Å². The zero-order valence-electron chi connectivity index (χ0n) is 9.39. The lowest BCUT2D eigenvalue weighted by atomic mass is 9.79. The van der Waals surface area contributed by atoms with E-state index in [4.69, 9.17) is 4.74 Å². The molecular formula is C11H11NO5. The van der Waals surface area contributed by atoms with E-state index in [1.165, 1.54) is 6.07 Å². The van der Waals surface area contributed by atoms with Gasteiger partial charge in [0.2, 0.25) is 0 Å². The number of nitrogens with zero attached hydrogens (tertiary/aromatic N) is 1. The number of aromatic hydroxyl groups is 1. The Morgan fingerprint density at radius 1 is 1.47 bits per heavy atom. The number of phenolic OH excluding ortho intramolecular Hbond substituents is 1. The van der Waals surface area contributed by atoms with Gasteiger partial charge in [0, 0.05) is 23.1 Å². The summed E-state index contributed by atoms with van der Waals surface area (Å²) in [6, 6.07) is 2.38. The van der Waals surface area contributed by atoms with Crippen molar-refractivity contribution < 1.29 is 19.6 Å². The summed E-state index contributed by atoms with van der Waals surface area (Å²) in [7, 11) is 0. The first-order valence-electron chi connectivity index (χ1n) is 5.04. The summed E-state index contributed by atoms with van der Waals surface area (Å²) in [5, 5.41) is 20.2. The van der Waals surface area contributed by atoms with Crippen LogP contribution in [0.2, 0.25) is 0 Å². The lowest BCUT2D eigenvalue weighted by Gasteiger charge is -2.30. The first-order valence-corrected chi connectivity index (χ1v) is 5.04. The molecule has 1 aliphatic heterocycles. The molecule has 0 atom stereocenters. The molecule has 0 aromatic heterocycles. The molecule has 0 fully saturated rings. The number of esters is 1. The largest absolute Gasteiger partial charge is 0.502 e. The predicted molar refractivity (Wildman–Crippen MR) is 58.0 cm³/mol. The molecule has 1 aliphatic rings. The highest BCUT2D eigenvalue weighted by molar-refractivity contribution is 5.78. The zero-order chi connectivity index (χ0) is 12.8. The third kappa shape index (κ3) is 1.82. The van der Waals surface area contributed by atoms with Crippen molar-refractivity contribution in [1.29, 1.82) is 0 Å². The molecule has 1 aromatic carbocycles. The van der Waals surface area contributed by atoms with Gasteiger partial charge < -0.3 is 9.84 Å². The number of ether oxygens (including phenoxy) is 1. The third-order valence-electron chi connectivity index (χ3n) is 2.81. The van der Waals surface area contributed by atoms with Crippen LogP contribution in [0.3, 0.4) is 0 Å². The minimum atomic E-state index is -0.665. The standard InChI is InChI=1S/C11H11NO5/c1-11(2)5-10(14)17-9-4-8(13)7(12(15)16)3-6(9)11/h3-4,13H,5H2,1-2H3. The van der Waals surface area contributed by atoms with Crippen LogP contribution >= 0.6 is 0 Å². The van der Waals surface area contributed by atoms with Crippen molar-refractivity contribution in [3.8, 4) is 11.5 Å². The van der Waals surface area contributed by atoms with Gasteiger partial charge >= 0.3 is 11.7 Å². The highest BCUT2D eigenvalue weighted by atomic mass is 16.6. The van der Waals surface area contributed by atoms with Crippen LogP contribution < -0.4 is 4.74 Å². The van der Waals surface area contributed by atoms with Crippen molar-refractivity contribution >= 4 is 11.7 Å². The van der Waals surface area contributed by atoms with E-state index in [-0.39, 0.29) is 17.9 Å². The molecule has 1 N–H and O–H groups in total. The Bertz CT molecular complexity index is 521. The molecule has 6 nitrogen and oxygen atoms in total. The molecule has 17 heavy (non-hydrogen) atoms. The van der Waals surface area contributed by atoms with Crippen molar-refractivity contribution in [1.82, 2.24) is 0 Å². The number of nitro groups is 1. The van der Waals surface area contributed by atoms with E-state index < -0.39 is 22.1 Å². The normalized spacial score (nSPS) is 17.2. The van der Waals surface area contributed by atoms with Gasteiger partial charge in [0.05, 0.1) is 11.3 Å². The average Bonchev–Trinajstić information content (AvgIpc) is 2.13. The number of phenols is 1. The van der Waals surface area contributed by atoms with Gasteiger partial charge in [-0.15, -0.1) is 0 Å². The Morgan fingerprint density at radius 2 is 2.12 bits per heavy atom. The summed E-state index contributed by atoms with van der Waals surface area (Å²) < 4.78 is 4.96. The van der Waals surface area contributed by atoms with Crippen LogP contribution in [0.1, 0.15) is 25.8 Å². The second-order valence-corrected chi connectivity index (χ2v) is 4.63. The van der Waals surface area contributed by atoms with Gasteiger partial charge in [-0.1, -0.05) is 13.8 Å². The van der Waals surface area contributed by atoms with E-state index in [0.29, 0.717) is 5.56 Å². The molecule has 2 rings (SSSR count). The summed E-state index contributed by atoms with van der Waals surface area (Å²) in [6.07, 6.45) is 0.155. The number of nitro benzene ring substituents is 1. The third-order valence-corrected chi connectivity index (χ3v) is 2.81. The molecular weight excluding hydrogens is 226 g/mol. The molecule has 0 aliphatic carbocycles. The van der Waals surface area contributed by atoms with Gasteiger partial charge in [-0.25, -0.2) is 0 Å². The molecule has 90 valence electrons. The monoisotopic (exact) mass is 237 g/mol. The second kappa shape index (κ2) is 3.44. The van der Waals surface area contributed by atoms with Gasteiger partial charge in [0.1, 0.15) is 5.75 Å². The summed E-state index contributed by atoms with van der Waals surface area (Å²) in [5.74, 6) is -0.718. The van der Waals surface area contributed by atoms with Gasteiger partial charge in [-0.05, 0) is 0 Å². The molecule has 0 radical (unpaired) electrons. The maximum atomic E-state index is 11.3. The molecule has 1 heterocycles. The summed E-state index contributed by atoms with van der Waals surface area (Å²) >= 11 is 0. The van der Waals surface area contributed by atoms with Gasteiger partial charge in [-0.3, -0.25) is 14.9 Å². The Morgan fingerprint density at radius 3 is 2.71 bits per heavy atom. The summed E-state index contributed by atoms with van der Waals surface area (Å²) in [4.78, 5) is 21.4. The van der Waals surface area contributed by atoms with Gasteiger partial charge in [0.15, 0.2) is 5.75 Å². The van der Waals surface area contributed by atoms with Crippen molar-refractivity contribution in [3.05, 3.63) is 27.8 Å². The number of carbonyl (C=O) groups is 1. The number of hydrogen-bond donors (Lipinski definition) is 1. The van der Waals surface area contributed by atoms with Gasteiger partial charge in [0.25, 0.3) is 0 Å². The average molecular weight is 237 g/mol. The van der Waals surface area contributed by atoms with Crippen molar-refractivity contribution in [3.63, 3.8) is 0 Å². The number of rotatable bonds is 1. The predicted octanol–water partition coefficient (Wildman–Crippen LogP) is 1.89. The van der Waals surface area contributed by atoms with Crippen molar-refractivity contribution in [2.45, 2.75) is 25.7 Å². The number of carbonyl (C=O) groups excluding carboxylic acids is 1. The fraction of sp³-hybridized carbons (Fsp3) is 0.364. The summed E-state index contributed by atoms with van der Waals surface area (Å²) in [6.45, 7) is 3.60. The van der Waals surface area contributed by atoms with Crippen LogP contribution in [-0.4, -0.2) is 16.0 Å². The SMILES string of the molecule is CC1(C)CC(=O)Oc2cc(O)c([N+](=O)[O-])cc21. The minimum absolute atomic E-state index is 0.155. The quantitative estimate of drug-likeness (QED) is 0.348. The molecule has 6 heteroatoms. The van der Waals surface area contributed by atoms with Crippen molar-refractivity contribution in [2.75, 3.05) is 0 Å². The van der Waals surface area contributed by atoms with E-state index in [1.54, 1.807) is 13.8 Å². The van der Waals surface area contributed by atoms with Crippen LogP contribution in [0.5, 0.6) is 11.5 Å². The van der Waals surface area contributed by atoms with E-state index in [0.717, 1.165) is 6.07 Å². The maximum absolute atomic E-state index is 11.3. The first kappa shape index (κ1) is 11.4.